The summed E-state index contributed by atoms with van der Waals surface area (Å²) in [6.45, 7) is 3.38. The number of hydrogen-bond donors (Lipinski definition) is 1. The molecule has 1 N–H and O–H groups in total. The van der Waals surface area contributed by atoms with Crippen molar-refractivity contribution in [3.05, 3.63) is 23.2 Å². The van der Waals surface area contributed by atoms with Crippen LogP contribution in [0.5, 0.6) is 0 Å². The SMILES string of the molecule is C=C(CCC=CBr)C(=O)O. The van der Waals surface area contributed by atoms with Crippen molar-refractivity contribution in [3.63, 3.8) is 0 Å². The highest BCUT2D eigenvalue weighted by Crippen LogP contribution is 2.03. The van der Waals surface area contributed by atoms with E-state index >= 15 is 0 Å². The lowest BCUT2D eigenvalue weighted by Crippen LogP contribution is -1.97. The summed E-state index contributed by atoms with van der Waals surface area (Å²) in [5, 5.41) is 8.35. The summed E-state index contributed by atoms with van der Waals surface area (Å²) < 4.78 is 0. The van der Waals surface area contributed by atoms with Crippen LogP contribution in [0.25, 0.3) is 0 Å². The van der Waals surface area contributed by atoms with Gasteiger partial charge in [0.15, 0.2) is 0 Å². The van der Waals surface area contributed by atoms with Crippen molar-refractivity contribution in [2.45, 2.75) is 12.8 Å². The standard InChI is InChI=1S/C7H9BrO2/c1-6(7(9)10)4-2-3-5-8/h3,5H,1-2,4H2,(H,9,10). The highest BCUT2D eigenvalue weighted by molar-refractivity contribution is 9.11. The zero-order valence-corrected chi connectivity index (χ0v) is 7.10. The fraction of sp³-hybridized carbons (Fsp3) is 0.286. The predicted molar refractivity (Wildman–Crippen MR) is 44.1 cm³/mol. The molecule has 0 bridgehead atoms. The molecule has 0 aromatic rings. The van der Waals surface area contributed by atoms with E-state index in [1.807, 2.05) is 6.08 Å². The molecule has 0 saturated heterocycles. The zero-order valence-electron chi connectivity index (χ0n) is 5.51. The molecule has 2 nitrogen and oxygen atoms in total. The number of hydrogen-bond acceptors (Lipinski definition) is 1. The minimum Gasteiger partial charge on any atom is -0.478 e. The van der Waals surface area contributed by atoms with Gasteiger partial charge in [0, 0.05) is 5.57 Å². The molecule has 0 heterocycles. The van der Waals surface area contributed by atoms with Crippen LogP contribution in [0.2, 0.25) is 0 Å². The van der Waals surface area contributed by atoms with Crippen molar-refractivity contribution in [2.24, 2.45) is 0 Å². The van der Waals surface area contributed by atoms with Gasteiger partial charge in [-0.15, -0.1) is 0 Å². The summed E-state index contributed by atoms with van der Waals surface area (Å²) in [6, 6.07) is 0. The molecule has 0 aliphatic rings. The topological polar surface area (TPSA) is 37.3 Å². The first-order valence-electron chi connectivity index (χ1n) is 2.84. The lowest BCUT2D eigenvalue weighted by atomic mass is 10.2. The first-order valence-corrected chi connectivity index (χ1v) is 3.76. The van der Waals surface area contributed by atoms with Crippen molar-refractivity contribution in [1.29, 1.82) is 0 Å². The van der Waals surface area contributed by atoms with E-state index in [4.69, 9.17) is 5.11 Å². The first-order chi connectivity index (χ1) is 4.68. The maximum Gasteiger partial charge on any atom is 0.330 e. The van der Waals surface area contributed by atoms with Gasteiger partial charge >= 0.3 is 5.97 Å². The second kappa shape index (κ2) is 5.23. The van der Waals surface area contributed by atoms with Crippen LogP contribution in [0.1, 0.15) is 12.8 Å². The van der Waals surface area contributed by atoms with Gasteiger partial charge in [-0.25, -0.2) is 4.79 Å². The highest BCUT2D eigenvalue weighted by atomic mass is 79.9. The smallest absolute Gasteiger partial charge is 0.330 e. The number of halogens is 1. The van der Waals surface area contributed by atoms with E-state index in [0.717, 1.165) is 6.42 Å². The predicted octanol–water partition coefficient (Wildman–Crippen LogP) is 2.32. The Morgan fingerprint density at radius 1 is 1.70 bits per heavy atom. The van der Waals surface area contributed by atoms with Crippen molar-refractivity contribution in [2.75, 3.05) is 0 Å². The Balaban J connectivity index is 3.50. The van der Waals surface area contributed by atoms with Crippen LogP contribution in [-0.4, -0.2) is 11.1 Å². The summed E-state index contributed by atoms with van der Waals surface area (Å²) in [6.07, 6.45) is 3.07. The van der Waals surface area contributed by atoms with Gasteiger partial charge < -0.3 is 5.11 Å². The third-order valence-corrected chi connectivity index (χ3v) is 1.38. The summed E-state index contributed by atoms with van der Waals surface area (Å²) >= 11 is 3.08. The highest BCUT2D eigenvalue weighted by Gasteiger charge is 2.00. The molecule has 3 heteroatoms. The Hall–Kier alpha value is -0.570. The molecule has 0 aliphatic heterocycles. The fourth-order valence-corrected chi connectivity index (χ4v) is 0.692. The number of carbonyl (C=O) groups is 1. The lowest BCUT2D eigenvalue weighted by molar-refractivity contribution is -0.132. The van der Waals surface area contributed by atoms with Crippen molar-refractivity contribution < 1.29 is 9.90 Å². The van der Waals surface area contributed by atoms with Crippen LogP contribution in [0.3, 0.4) is 0 Å². The molecular weight excluding hydrogens is 196 g/mol. The Labute approximate surface area is 68.4 Å². The molecule has 56 valence electrons. The number of aliphatic carboxylic acids is 1. The van der Waals surface area contributed by atoms with E-state index in [1.165, 1.54) is 0 Å². The fourth-order valence-electron chi connectivity index (χ4n) is 0.427. The second-order valence-corrected chi connectivity index (χ2v) is 2.34. The summed E-state index contributed by atoms with van der Waals surface area (Å²) in [5.74, 6) is -0.914. The van der Waals surface area contributed by atoms with E-state index in [1.54, 1.807) is 4.99 Å². The van der Waals surface area contributed by atoms with Crippen LogP contribution >= 0.6 is 15.9 Å². The molecule has 0 rings (SSSR count). The van der Waals surface area contributed by atoms with Gasteiger partial charge in [0.25, 0.3) is 0 Å². The third kappa shape index (κ3) is 4.32. The van der Waals surface area contributed by atoms with Gasteiger partial charge in [0.05, 0.1) is 0 Å². The van der Waals surface area contributed by atoms with Crippen molar-refractivity contribution in [1.82, 2.24) is 0 Å². The van der Waals surface area contributed by atoms with E-state index in [2.05, 4.69) is 22.5 Å². The largest absolute Gasteiger partial charge is 0.478 e. The number of carboxylic acids is 1. The average molecular weight is 205 g/mol. The third-order valence-electron chi connectivity index (χ3n) is 1.00. The molecule has 0 radical (unpaired) electrons. The minimum atomic E-state index is -0.914. The number of carboxylic acid groups (broad SMARTS) is 1. The molecule has 0 aromatic heterocycles. The quantitative estimate of drug-likeness (QED) is 0.715. The number of rotatable bonds is 4. The van der Waals surface area contributed by atoms with E-state index in [9.17, 15) is 4.79 Å². The van der Waals surface area contributed by atoms with Gasteiger partial charge in [-0.05, 0) is 17.8 Å². The van der Waals surface area contributed by atoms with Crippen molar-refractivity contribution >= 4 is 21.9 Å². The Morgan fingerprint density at radius 3 is 2.70 bits per heavy atom. The molecule has 10 heavy (non-hydrogen) atoms. The molecule has 0 unspecified atom stereocenters. The first kappa shape index (κ1) is 9.43. The van der Waals surface area contributed by atoms with Crippen LogP contribution in [-0.2, 0) is 4.79 Å². The summed E-state index contributed by atoms with van der Waals surface area (Å²) in [5.41, 5.74) is 0.255. The molecule has 0 aromatic carbocycles. The second-order valence-electron chi connectivity index (χ2n) is 1.81. The van der Waals surface area contributed by atoms with Gasteiger partial charge in [-0.3, -0.25) is 0 Å². The van der Waals surface area contributed by atoms with E-state index in [-0.39, 0.29) is 5.57 Å². The molecule has 0 saturated carbocycles. The lowest BCUT2D eigenvalue weighted by Gasteiger charge is -1.93. The average Bonchev–Trinajstić information content (AvgIpc) is 1.88. The van der Waals surface area contributed by atoms with Gasteiger partial charge in [-0.2, -0.15) is 0 Å². The Morgan fingerprint density at radius 2 is 2.30 bits per heavy atom. The Kier molecular flexibility index (Phi) is 4.94. The molecule has 0 atom stereocenters. The molecule has 0 fully saturated rings. The maximum absolute atomic E-state index is 10.2. The summed E-state index contributed by atoms with van der Waals surface area (Å²) in [4.78, 5) is 11.9. The van der Waals surface area contributed by atoms with Crippen LogP contribution < -0.4 is 0 Å². The maximum atomic E-state index is 10.2. The normalized spacial score (nSPS) is 10.1. The minimum absolute atomic E-state index is 0.255. The zero-order chi connectivity index (χ0) is 7.98. The van der Waals surface area contributed by atoms with Crippen LogP contribution in [0.4, 0.5) is 0 Å². The van der Waals surface area contributed by atoms with Gasteiger partial charge in [0.2, 0.25) is 0 Å². The molecule has 0 spiro atoms. The molecule has 0 aliphatic carbocycles. The monoisotopic (exact) mass is 204 g/mol. The van der Waals surface area contributed by atoms with E-state index < -0.39 is 5.97 Å². The van der Waals surface area contributed by atoms with Gasteiger partial charge in [0.1, 0.15) is 0 Å². The van der Waals surface area contributed by atoms with Crippen LogP contribution in [0, 0.1) is 0 Å². The Bertz CT molecular complexity index is 161. The van der Waals surface area contributed by atoms with E-state index in [0.29, 0.717) is 6.42 Å². The summed E-state index contributed by atoms with van der Waals surface area (Å²) in [7, 11) is 0. The van der Waals surface area contributed by atoms with Crippen molar-refractivity contribution in [3.8, 4) is 0 Å². The molecular formula is C7H9BrO2. The molecule has 0 amide bonds. The number of allylic oxidation sites excluding steroid dienone is 1. The van der Waals surface area contributed by atoms with Gasteiger partial charge in [-0.1, -0.05) is 28.6 Å². The van der Waals surface area contributed by atoms with Crippen LogP contribution in [0.15, 0.2) is 23.2 Å².